The summed E-state index contributed by atoms with van der Waals surface area (Å²) < 4.78 is 0. The largest absolute Gasteiger partial charge is 0.261 e. The standard InChI is InChI=1S/C11H11N.C10H10N2.C10H9N.3C9H8N2/c1-8-3-5-10-6-4-9(2)12-11(10)7-8;1-7-3-4-9-10(5-7)11-6-8(2)12-9;1-8-4-5-9-3-2-6-11-10(9)7-8;1-7-4-5-8-3-2-6-10-9(8)11-7;1-7-5-9-8(6-11-7)3-2-4-10-9;1-7-5-9-8(11-6-7)3-2-4-10-9/h3-7H,1-2H3;3-6H,1-2H3;2-7H,1H3;3*2-6H,1H3. The molecule has 0 unspecified atom stereocenters. The molecule has 0 aliphatic heterocycles. The van der Waals surface area contributed by atoms with Crippen molar-refractivity contribution in [2.24, 2.45) is 0 Å². The van der Waals surface area contributed by atoms with Gasteiger partial charge in [0.15, 0.2) is 5.65 Å². The van der Waals surface area contributed by atoms with Crippen molar-refractivity contribution in [2.75, 3.05) is 0 Å². The molecule has 10 nitrogen and oxygen atoms in total. The number of nitrogens with zero attached hydrogens (tertiary/aromatic N) is 10. The molecular weight excluding hydrogens is 837 g/mol. The minimum Gasteiger partial charge on any atom is -0.261 e. The maximum absolute atomic E-state index is 4.44. The maximum atomic E-state index is 4.44. The van der Waals surface area contributed by atoms with Crippen LogP contribution in [0.1, 0.15) is 45.0 Å². The normalized spacial score (nSPS) is 10.4. The zero-order valence-electron chi connectivity index (χ0n) is 39.8. The SMILES string of the molecule is Cc1cc2ncccc2cn1.Cc1ccc2ccc(C)nc2c1.Cc1ccc2cccnc2c1.Cc1ccc2cccnc2n1.Cc1ccc2nc(C)cnc2c1.Cc1cnc2cccnc2c1. The molecular formula is C58H54N10. The maximum Gasteiger partial charge on any atom is 0.159 e. The first kappa shape index (κ1) is 47.5. The number of hydrogen-bond acceptors (Lipinski definition) is 10. The fourth-order valence-electron chi connectivity index (χ4n) is 6.89. The molecule has 10 heteroatoms. The highest BCUT2D eigenvalue weighted by Gasteiger charge is 1.98. The lowest BCUT2D eigenvalue weighted by Crippen LogP contribution is -1.86. The van der Waals surface area contributed by atoms with Crippen LogP contribution in [0.5, 0.6) is 0 Å². The fraction of sp³-hybridized carbons (Fsp3) is 0.138. The lowest BCUT2D eigenvalue weighted by molar-refractivity contribution is 1.18. The molecule has 0 aliphatic rings. The summed E-state index contributed by atoms with van der Waals surface area (Å²) in [4.78, 5) is 42.5. The topological polar surface area (TPSA) is 129 Å². The highest BCUT2D eigenvalue weighted by atomic mass is 14.8. The van der Waals surface area contributed by atoms with E-state index in [2.05, 4.69) is 125 Å². The third-order valence-corrected chi connectivity index (χ3v) is 10.4. The van der Waals surface area contributed by atoms with Crippen molar-refractivity contribution in [3.63, 3.8) is 0 Å². The fourth-order valence-corrected chi connectivity index (χ4v) is 6.89. The van der Waals surface area contributed by atoms with Crippen LogP contribution >= 0.6 is 0 Å². The minimum atomic E-state index is 0.826. The molecule has 0 spiro atoms. The highest BCUT2D eigenvalue weighted by Crippen LogP contribution is 2.15. The summed E-state index contributed by atoms with van der Waals surface area (Å²) in [5.41, 5.74) is 16.8. The second-order valence-electron chi connectivity index (χ2n) is 16.4. The molecule has 0 amide bonds. The Bertz CT molecular complexity index is 3210. The Hall–Kier alpha value is -8.50. The van der Waals surface area contributed by atoms with Crippen LogP contribution in [0.15, 0.2) is 183 Å². The van der Waals surface area contributed by atoms with Crippen LogP contribution in [0.4, 0.5) is 0 Å². The van der Waals surface area contributed by atoms with E-state index in [4.69, 9.17) is 0 Å². The van der Waals surface area contributed by atoms with E-state index >= 15 is 0 Å². The van der Waals surface area contributed by atoms with E-state index in [0.717, 1.165) is 83.4 Å². The second kappa shape index (κ2) is 23.1. The quantitative estimate of drug-likeness (QED) is 0.145. The van der Waals surface area contributed by atoms with Gasteiger partial charge < -0.3 is 0 Å². The Morgan fingerprint density at radius 2 is 0.735 bits per heavy atom. The van der Waals surface area contributed by atoms with Crippen LogP contribution in [-0.4, -0.2) is 49.8 Å². The van der Waals surface area contributed by atoms with E-state index in [1.807, 2.05) is 138 Å². The van der Waals surface area contributed by atoms with Crippen LogP contribution in [-0.2, 0) is 0 Å². The molecule has 0 aliphatic carbocycles. The summed E-state index contributed by atoms with van der Waals surface area (Å²) in [6.07, 6.45) is 12.6. The van der Waals surface area contributed by atoms with Crippen molar-refractivity contribution < 1.29 is 0 Å². The van der Waals surface area contributed by atoms with Crippen molar-refractivity contribution in [1.82, 2.24) is 49.8 Å². The minimum absolute atomic E-state index is 0.826. The Morgan fingerprint density at radius 1 is 0.250 bits per heavy atom. The van der Waals surface area contributed by atoms with E-state index in [1.165, 1.54) is 27.5 Å². The van der Waals surface area contributed by atoms with Gasteiger partial charge in [-0.15, -0.1) is 0 Å². The van der Waals surface area contributed by atoms with E-state index in [1.54, 1.807) is 24.8 Å². The zero-order valence-corrected chi connectivity index (χ0v) is 39.8. The average molecular weight is 891 g/mol. The van der Waals surface area contributed by atoms with Gasteiger partial charge in [0.2, 0.25) is 0 Å². The second-order valence-corrected chi connectivity index (χ2v) is 16.4. The lowest BCUT2D eigenvalue weighted by atomic mass is 10.1. The van der Waals surface area contributed by atoms with Gasteiger partial charge in [-0.25, -0.2) is 15.0 Å². The first-order chi connectivity index (χ1) is 32.9. The van der Waals surface area contributed by atoms with Gasteiger partial charge in [-0.2, -0.15) is 0 Å². The van der Waals surface area contributed by atoms with E-state index < -0.39 is 0 Å². The Labute approximate surface area is 397 Å². The van der Waals surface area contributed by atoms with Gasteiger partial charge in [0.1, 0.15) is 0 Å². The summed E-state index contributed by atoms with van der Waals surface area (Å²) in [5.74, 6) is 0. The summed E-state index contributed by atoms with van der Waals surface area (Å²) in [6, 6.07) is 46.6. The third-order valence-electron chi connectivity index (χ3n) is 10.4. The van der Waals surface area contributed by atoms with Gasteiger partial charge >= 0.3 is 0 Å². The third kappa shape index (κ3) is 13.8. The molecule has 0 saturated heterocycles. The summed E-state index contributed by atoms with van der Waals surface area (Å²) in [7, 11) is 0. The van der Waals surface area contributed by atoms with Gasteiger partial charge in [-0.3, -0.25) is 34.9 Å². The molecule has 9 heterocycles. The number of benzene rings is 3. The first-order valence-corrected chi connectivity index (χ1v) is 22.3. The van der Waals surface area contributed by atoms with E-state index in [-0.39, 0.29) is 0 Å². The molecule has 12 rings (SSSR count). The zero-order chi connectivity index (χ0) is 47.8. The van der Waals surface area contributed by atoms with Gasteiger partial charge in [0.05, 0.1) is 44.3 Å². The van der Waals surface area contributed by atoms with Crippen LogP contribution < -0.4 is 0 Å². The van der Waals surface area contributed by atoms with Gasteiger partial charge in [-0.05, 0) is 175 Å². The monoisotopic (exact) mass is 890 g/mol. The Kier molecular flexibility index (Phi) is 16.1. The summed E-state index contributed by atoms with van der Waals surface area (Å²) >= 11 is 0. The smallest absolute Gasteiger partial charge is 0.159 e. The number of hydrogen-bond donors (Lipinski definition) is 0. The van der Waals surface area contributed by atoms with Crippen molar-refractivity contribution in [2.45, 2.75) is 55.4 Å². The van der Waals surface area contributed by atoms with Gasteiger partial charge in [-0.1, -0.05) is 42.5 Å². The predicted molar refractivity (Wildman–Crippen MR) is 280 cm³/mol. The number of pyridine rings is 8. The molecule has 0 bridgehead atoms. The van der Waals surface area contributed by atoms with Crippen molar-refractivity contribution in [3.05, 3.63) is 228 Å². The Morgan fingerprint density at radius 3 is 1.47 bits per heavy atom. The number of fused-ring (bicyclic) bond motifs is 6. The van der Waals surface area contributed by atoms with Crippen LogP contribution in [0.25, 0.3) is 65.8 Å². The first-order valence-electron chi connectivity index (χ1n) is 22.3. The molecule has 12 aromatic rings. The molecule has 0 radical (unpaired) electrons. The van der Waals surface area contributed by atoms with Crippen LogP contribution in [0, 0.1) is 55.4 Å². The molecule has 3 aromatic carbocycles. The molecule has 0 saturated carbocycles. The van der Waals surface area contributed by atoms with Crippen molar-refractivity contribution in [1.29, 1.82) is 0 Å². The van der Waals surface area contributed by atoms with Crippen LogP contribution in [0.2, 0.25) is 0 Å². The van der Waals surface area contributed by atoms with Crippen molar-refractivity contribution >= 4 is 65.8 Å². The molecule has 9 aromatic heterocycles. The van der Waals surface area contributed by atoms with Crippen LogP contribution in [0.3, 0.4) is 0 Å². The number of aryl methyl sites for hydroxylation is 8. The molecule has 0 N–H and O–H groups in total. The summed E-state index contributed by atoms with van der Waals surface area (Å²) in [6.45, 7) is 16.1. The van der Waals surface area contributed by atoms with Gasteiger partial charge in [0, 0.05) is 82.0 Å². The van der Waals surface area contributed by atoms with Gasteiger partial charge in [0.25, 0.3) is 0 Å². The highest BCUT2D eigenvalue weighted by molar-refractivity contribution is 5.80. The van der Waals surface area contributed by atoms with Crippen molar-refractivity contribution in [3.8, 4) is 0 Å². The summed E-state index contributed by atoms with van der Waals surface area (Å²) in [5, 5.41) is 4.61. The number of rotatable bonds is 0. The molecule has 0 fully saturated rings. The predicted octanol–water partition coefficient (Wildman–Crippen LogP) is 13.5. The molecule has 68 heavy (non-hydrogen) atoms. The molecule has 0 atom stereocenters. The average Bonchev–Trinajstić information content (AvgIpc) is 3.35. The van der Waals surface area contributed by atoms with E-state index in [9.17, 15) is 0 Å². The number of aromatic nitrogens is 10. The lowest BCUT2D eigenvalue weighted by Gasteiger charge is -1.99. The Balaban J connectivity index is 0.000000121. The molecule has 336 valence electrons. The van der Waals surface area contributed by atoms with E-state index in [0.29, 0.717) is 0 Å².